The van der Waals surface area contributed by atoms with Gasteiger partial charge in [-0.1, -0.05) is 0 Å². The molecule has 1 heterocycles. The van der Waals surface area contributed by atoms with Crippen molar-refractivity contribution in [3.05, 3.63) is 0 Å². The zero-order valence-electron chi connectivity index (χ0n) is 11.2. The van der Waals surface area contributed by atoms with Crippen LogP contribution in [0.15, 0.2) is 0 Å². The van der Waals surface area contributed by atoms with Crippen molar-refractivity contribution < 1.29 is 9.47 Å². The number of morpholine rings is 1. The fourth-order valence-electron chi connectivity index (χ4n) is 3.09. The molecule has 0 amide bonds. The summed E-state index contributed by atoms with van der Waals surface area (Å²) in [6.07, 6.45) is 5.89. The van der Waals surface area contributed by atoms with E-state index in [1.54, 1.807) is 0 Å². The van der Waals surface area contributed by atoms with Crippen LogP contribution in [0.1, 0.15) is 25.7 Å². The van der Waals surface area contributed by atoms with Gasteiger partial charge < -0.3 is 14.8 Å². The van der Waals surface area contributed by atoms with E-state index in [1.807, 2.05) is 14.2 Å². The standard InChI is InChI=1S/C13H26N2O2/c1-14-9-13-10-15(6-7-17-13)11-4-3-5-12(8-11)16-2/h11-14H,3-10H2,1-2H3. The highest BCUT2D eigenvalue weighted by Gasteiger charge is 2.30. The van der Waals surface area contributed by atoms with Gasteiger partial charge in [-0.2, -0.15) is 0 Å². The number of hydrogen-bond acceptors (Lipinski definition) is 4. The van der Waals surface area contributed by atoms with E-state index in [-0.39, 0.29) is 0 Å². The zero-order chi connectivity index (χ0) is 12.1. The third-order valence-electron chi connectivity index (χ3n) is 4.05. The van der Waals surface area contributed by atoms with E-state index in [2.05, 4.69) is 10.2 Å². The van der Waals surface area contributed by atoms with Crippen LogP contribution in [-0.4, -0.2) is 63.5 Å². The first-order valence-corrected chi connectivity index (χ1v) is 6.86. The summed E-state index contributed by atoms with van der Waals surface area (Å²) in [5.41, 5.74) is 0. The van der Waals surface area contributed by atoms with Crippen LogP contribution in [0.4, 0.5) is 0 Å². The summed E-state index contributed by atoms with van der Waals surface area (Å²) in [5, 5.41) is 3.20. The lowest BCUT2D eigenvalue weighted by atomic mass is 9.91. The molecule has 0 aromatic rings. The SMILES string of the molecule is CNCC1CN(C2CCCC(OC)C2)CCO1. The highest BCUT2D eigenvalue weighted by atomic mass is 16.5. The Hall–Kier alpha value is -0.160. The number of rotatable bonds is 4. The molecule has 1 aliphatic heterocycles. The van der Waals surface area contributed by atoms with Gasteiger partial charge in [-0.15, -0.1) is 0 Å². The molecule has 0 bridgehead atoms. The van der Waals surface area contributed by atoms with Crippen molar-refractivity contribution in [2.45, 2.75) is 43.9 Å². The average molecular weight is 242 g/mol. The van der Waals surface area contributed by atoms with E-state index in [4.69, 9.17) is 9.47 Å². The van der Waals surface area contributed by atoms with Crippen LogP contribution in [0.3, 0.4) is 0 Å². The smallest absolute Gasteiger partial charge is 0.0826 e. The van der Waals surface area contributed by atoms with Crippen LogP contribution in [0, 0.1) is 0 Å². The molecule has 17 heavy (non-hydrogen) atoms. The Morgan fingerprint density at radius 1 is 1.41 bits per heavy atom. The number of nitrogens with one attached hydrogen (secondary N) is 1. The molecule has 100 valence electrons. The average Bonchev–Trinajstić information content (AvgIpc) is 2.40. The summed E-state index contributed by atoms with van der Waals surface area (Å²) in [6.45, 7) is 3.99. The van der Waals surface area contributed by atoms with Gasteiger partial charge in [0.15, 0.2) is 0 Å². The second kappa shape index (κ2) is 6.69. The van der Waals surface area contributed by atoms with Crippen molar-refractivity contribution in [3.8, 4) is 0 Å². The lowest BCUT2D eigenvalue weighted by Crippen LogP contribution is -2.51. The van der Waals surface area contributed by atoms with Gasteiger partial charge >= 0.3 is 0 Å². The summed E-state index contributed by atoms with van der Waals surface area (Å²) in [6, 6.07) is 0.706. The van der Waals surface area contributed by atoms with Crippen molar-refractivity contribution in [2.75, 3.05) is 40.4 Å². The minimum Gasteiger partial charge on any atom is -0.381 e. The van der Waals surface area contributed by atoms with Gasteiger partial charge in [0.05, 0.1) is 18.8 Å². The zero-order valence-corrected chi connectivity index (χ0v) is 11.2. The highest BCUT2D eigenvalue weighted by Crippen LogP contribution is 2.26. The predicted molar refractivity (Wildman–Crippen MR) is 68.3 cm³/mol. The second-order valence-corrected chi connectivity index (χ2v) is 5.22. The molecule has 0 aromatic heterocycles. The molecule has 4 nitrogen and oxygen atoms in total. The third kappa shape index (κ3) is 3.65. The number of nitrogens with zero attached hydrogens (tertiary/aromatic N) is 1. The molecule has 1 N–H and O–H groups in total. The van der Waals surface area contributed by atoms with Gasteiger partial charge in [0.1, 0.15) is 0 Å². The minimum absolute atomic E-state index is 0.358. The van der Waals surface area contributed by atoms with Crippen molar-refractivity contribution in [3.63, 3.8) is 0 Å². The number of ether oxygens (including phenoxy) is 2. The van der Waals surface area contributed by atoms with Gasteiger partial charge in [0, 0.05) is 32.8 Å². The van der Waals surface area contributed by atoms with E-state index in [0.717, 1.165) is 26.2 Å². The van der Waals surface area contributed by atoms with Crippen molar-refractivity contribution in [2.24, 2.45) is 0 Å². The fourth-order valence-corrected chi connectivity index (χ4v) is 3.09. The van der Waals surface area contributed by atoms with Crippen LogP contribution in [0.25, 0.3) is 0 Å². The first kappa shape index (κ1) is 13.3. The lowest BCUT2D eigenvalue weighted by molar-refractivity contribution is -0.0585. The minimum atomic E-state index is 0.358. The maximum Gasteiger partial charge on any atom is 0.0826 e. The largest absolute Gasteiger partial charge is 0.381 e. The molecule has 3 unspecified atom stereocenters. The molecule has 0 spiro atoms. The molecule has 1 saturated heterocycles. The Labute approximate surface area is 105 Å². The van der Waals surface area contributed by atoms with Crippen LogP contribution < -0.4 is 5.32 Å². The molecular weight excluding hydrogens is 216 g/mol. The molecule has 2 fully saturated rings. The van der Waals surface area contributed by atoms with E-state index in [0.29, 0.717) is 18.2 Å². The van der Waals surface area contributed by atoms with Gasteiger partial charge in [-0.25, -0.2) is 0 Å². The van der Waals surface area contributed by atoms with E-state index >= 15 is 0 Å². The van der Waals surface area contributed by atoms with E-state index < -0.39 is 0 Å². The molecule has 3 atom stereocenters. The molecule has 1 saturated carbocycles. The quantitative estimate of drug-likeness (QED) is 0.793. The van der Waals surface area contributed by atoms with Crippen LogP contribution in [-0.2, 0) is 9.47 Å². The van der Waals surface area contributed by atoms with Crippen molar-refractivity contribution >= 4 is 0 Å². The summed E-state index contributed by atoms with van der Waals surface area (Å²) in [4.78, 5) is 2.61. The molecule has 0 radical (unpaired) electrons. The first-order valence-electron chi connectivity index (χ1n) is 6.86. The topological polar surface area (TPSA) is 33.7 Å². The molecule has 1 aliphatic carbocycles. The maximum atomic E-state index is 5.76. The van der Waals surface area contributed by atoms with Crippen LogP contribution in [0.5, 0.6) is 0 Å². The first-order chi connectivity index (χ1) is 8.33. The summed E-state index contributed by atoms with van der Waals surface area (Å²) < 4.78 is 11.3. The normalized spacial score (nSPS) is 36.0. The monoisotopic (exact) mass is 242 g/mol. The van der Waals surface area contributed by atoms with Gasteiger partial charge in [0.25, 0.3) is 0 Å². The van der Waals surface area contributed by atoms with Crippen molar-refractivity contribution in [1.82, 2.24) is 10.2 Å². The Balaban J connectivity index is 1.83. The fraction of sp³-hybridized carbons (Fsp3) is 1.00. The van der Waals surface area contributed by atoms with E-state index in [1.165, 1.54) is 25.7 Å². The van der Waals surface area contributed by atoms with Gasteiger partial charge in [0.2, 0.25) is 0 Å². The Kier molecular flexibility index (Phi) is 5.22. The predicted octanol–water partition coefficient (Wildman–Crippen LogP) is 0.864. The Bertz CT molecular complexity index is 223. The molecule has 0 aromatic carbocycles. The van der Waals surface area contributed by atoms with Crippen molar-refractivity contribution in [1.29, 1.82) is 0 Å². The molecular formula is C13H26N2O2. The highest BCUT2D eigenvalue weighted by molar-refractivity contribution is 4.84. The van der Waals surface area contributed by atoms with E-state index in [9.17, 15) is 0 Å². The van der Waals surface area contributed by atoms with Crippen LogP contribution >= 0.6 is 0 Å². The lowest BCUT2D eigenvalue weighted by Gasteiger charge is -2.41. The number of likely N-dealkylation sites (N-methyl/N-ethyl adjacent to an activating group) is 1. The van der Waals surface area contributed by atoms with Gasteiger partial charge in [-0.05, 0) is 32.7 Å². The second-order valence-electron chi connectivity index (χ2n) is 5.22. The summed E-state index contributed by atoms with van der Waals surface area (Å²) >= 11 is 0. The molecule has 2 aliphatic rings. The number of hydrogen-bond donors (Lipinski definition) is 1. The Morgan fingerprint density at radius 2 is 2.29 bits per heavy atom. The number of methoxy groups -OCH3 is 1. The summed E-state index contributed by atoms with van der Waals surface area (Å²) in [7, 11) is 3.83. The summed E-state index contributed by atoms with van der Waals surface area (Å²) in [5.74, 6) is 0. The maximum absolute atomic E-state index is 5.76. The third-order valence-corrected chi connectivity index (χ3v) is 4.05. The van der Waals surface area contributed by atoms with Gasteiger partial charge in [-0.3, -0.25) is 4.90 Å². The Morgan fingerprint density at radius 3 is 3.06 bits per heavy atom. The molecule has 2 rings (SSSR count). The molecule has 4 heteroatoms. The van der Waals surface area contributed by atoms with Crippen LogP contribution in [0.2, 0.25) is 0 Å².